The van der Waals surface area contributed by atoms with E-state index in [2.05, 4.69) is 68.7 Å². The van der Waals surface area contributed by atoms with Crippen molar-refractivity contribution in [2.75, 3.05) is 0 Å². The summed E-state index contributed by atoms with van der Waals surface area (Å²) >= 11 is 0. The first-order valence-corrected chi connectivity index (χ1v) is 20.0. The van der Waals surface area contributed by atoms with Crippen molar-refractivity contribution in [3.8, 4) is 102 Å². The predicted octanol–water partition coefficient (Wildman–Crippen LogP) is 10.3. The van der Waals surface area contributed by atoms with Crippen molar-refractivity contribution in [2.24, 2.45) is 0 Å². The predicted molar refractivity (Wildman–Crippen MR) is 242 cm³/mol. The Morgan fingerprint density at radius 1 is 0.290 bits per heavy atom. The maximum absolute atomic E-state index is 5.14. The highest BCUT2D eigenvalue weighted by molar-refractivity contribution is 5.86. The smallest absolute Gasteiger partial charge is 0.131 e. The summed E-state index contributed by atoms with van der Waals surface area (Å²) in [5.74, 6) is 0. The number of hydrogen-bond acceptors (Lipinski definition) is 7. The minimum atomic E-state index is 0.733. The van der Waals surface area contributed by atoms with Crippen molar-refractivity contribution in [2.45, 2.75) is 0 Å². The minimum Gasteiger partial charge on any atom is -0.332 e. The second kappa shape index (κ2) is 16.5. The van der Waals surface area contributed by atoms with Gasteiger partial charge in [-0.1, -0.05) is 42.5 Å². The molecule has 0 spiro atoms. The zero-order chi connectivity index (χ0) is 41.8. The van der Waals surface area contributed by atoms with Gasteiger partial charge in [-0.25, -0.2) is 4.98 Å². The van der Waals surface area contributed by atoms with Gasteiger partial charge in [-0.2, -0.15) is 0 Å². The van der Waals surface area contributed by atoms with Crippen LogP contribution in [0.2, 0.25) is 0 Å². The summed E-state index contributed by atoms with van der Waals surface area (Å²) in [5, 5.41) is 0. The first-order chi connectivity index (χ1) is 30.5. The maximum Gasteiger partial charge on any atom is 0.131 e. The molecule has 9 nitrogen and oxygen atoms in total. The molecule has 0 bridgehead atoms. The molecule has 0 radical (unpaired) electrons. The quantitative estimate of drug-likeness (QED) is 0.106. The lowest BCUT2D eigenvalue weighted by Gasteiger charge is -2.18. The van der Waals surface area contributed by atoms with Crippen LogP contribution in [-0.2, 0) is 0 Å². The Kier molecular flexibility index (Phi) is 10.0. The number of aromatic nitrogens is 9. The average Bonchev–Trinajstić information content (AvgIpc) is 3.35. The molecule has 294 valence electrons. The number of pyridine rings is 9. The van der Waals surface area contributed by atoms with Crippen LogP contribution in [0.15, 0.2) is 201 Å². The van der Waals surface area contributed by atoms with Crippen LogP contribution in [0.25, 0.3) is 102 Å². The third-order valence-corrected chi connectivity index (χ3v) is 10.6. The van der Waals surface area contributed by atoms with Crippen LogP contribution in [0.1, 0.15) is 0 Å². The Bertz CT molecular complexity index is 3060. The Morgan fingerprint density at radius 2 is 0.629 bits per heavy atom. The normalized spacial score (nSPS) is 11.0. The summed E-state index contributed by atoms with van der Waals surface area (Å²) in [4.78, 5) is 33.8. The second-order valence-electron chi connectivity index (χ2n) is 14.6. The SMILES string of the molecule is [CH2-][n+]1ccccc1-c1cc(-c2cc(-c3cc(-c4ccccn4)nc(-c4ccccn4)c3)cc(-c3cc(-c4ccccn4)[n+]([CH2-])c(-c4ccccn4)c3)c2)cc(-c2ccccn2)n1. The lowest BCUT2D eigenvalue weighted by Crippen LogP contribution is -2.32. The van der Waals surface area contributed by atoms with E-state index >= 15 is 0 Å². The number of hydrogen-bond donors (Lipinski definition) is 0. The Morgan fingerprint density at radius 3 is 1.02 bits per heavy atom. The molecule has 9 aromatic heterocycles. The van der Waals surface area contributed by atoms with E-state index in [1.165, 1.54) is 0 Å². The highest BCUT2D eigenvalue weighted by atomic mass is 15.0. The third-order valence-electron chi connectivity index (χ3n) is 10.6. The van der Waals surface area contributed by atoms with E-state index < -0.39 is 0 Å². The Balaban J connectivity index is 1.26. The molecule has 9 heteroatoms. The van der Waals surface area contributed by atoms with Gasteiger partial charge in [0, 0.05) is 45.1 Å². The first kappa shape index (κ1) is 37.6. The van der Waals surface area contributed by atoms with Crippen LogP contribution < -0.4 is 9.13 Å². The van der Waals surface area contributed by atoms with Gasteiger partial charge < -0.3 is 9.13 Å². The van der Waals surface area contributed by atoms with Gasteiger partial charge in [-0.3, -0.25) is 29.9 Å². The van der Waals surface area contributed by atoms with Crippen molar-refractivity contribution >= 4 is 0 Å². The summed E-state index contributed by atoms with van der Waals surface area (Å²) in [6, 6.07) is 54.7. The average molecular weight is 800 g/mol. The zero-order valence-electron chi connectivity index (χ0n) is 33.5. The van der Waals surface area contributed by atoms with Crippen LogP contribution in [0, 0.1) is 14.1 Å². The molecule has 1 aromatic carbocycles. The first-order valence-electron chi connectivity index (χ1n) is 20.0. The van der Waals surface area contributed by atoms with Gasteiger partial charge in [0.15, 0.2) is 0 Å². The molecule has 10 rings (SSSR count). The molecule has 10 aromatic rings. The molecular weight excluding hydrogens is 763 g/mol. The third kappa shape index (κ3) is 7.65. The highest BCUT2D eigenvalue weighted by Gasteiger charge is 2.19. The van der Waals surface area contributed by atoms with Crippen molar-refractivity contribution in [3.05, 3.63) is 215 Å². The number of nitrogens with zero attached hydrogens (tertiary/aromatic N) is 9. The molecule has 0 saturated carbocycles. The molecule has 9 heterocycles. The van der Waals surface area contributed by atoms with E-state index in [1.54, 1.807) is 31.0 Å². The van der Waals surface area contributed by atoms with Crippen LogP contribution >= 0.6 is 0 Å². The van der Waals surface area contributed by atoms with E-state index in [0.29, 0.717) is 0 Å². The van der Waals surface area contributed by atoms with E-state index in [4.69, 9.17) is 34.9 Å². The van der Waals surface area contributed by atoms with E-state index in [-0.39, 0.29) is 0 Å². The molecular formula is C53H37N9. The molecule has 0 saturated heterocycles. The van der Waals surface area contributed by atoms with Gasteiger partial charge >= 0.3 is 0 Å². The summed E-state index contributed by atoms with van der Waals surface area (Å²) in [5.41, 5.74) is 15.1. The number of benzene rings is 1. The molecule has 0 N–H and O–H groups in total. The standard InChI is InChI=1S/C53H37N9/c1-61-26-14-8-20-51(61)50-33-40(32-49(60-50)44-17-5-11-23-56-44)37-27-36(39-30-47(42-15-3-9-21-54-42)59-48(31-39)43-16-4-10-22-55-43)28-38(29-37)41-34-52(45-18-6-12-24-57-45)62(2)53(35-41)46-19-7-13-25-58-46/h3-35H,1-2H2. The van der Waals surface area contributed by atoms with Crippen molar-refractivity contribution in [1.29, 1.82) is 0 Å². The minimum absolute atomic E-state index is 0.733. The summed E-state index contributed by atoms with van der Waals surface area (Å²) in [7, 11) is 8.77. The van der Waals surface area contributed by atoms with E-state index in [9.17, 15) is 0 Å². The Labute approximate surface area is 359 Å². The van der Waals surface area contributed by atoms with Crippen molar-refractivity contribution in [1.82, 2.24) is 34.9 Å². The van der Waals surface area contributed by atoms with E-state index in [0.717, 1.165) is 102 Å². The topological polar surface area (TPSA) is 98.0 Å². The Hall–Kier alpha value is -8.69. The molecule has 0 unspecified atom stereocenters. The molecule has 0 aliphatic heterocycles. The van der Waals surface area contributed by atoms with Crippen LogP contribution in [-0.4, -0.2) is 34.9 Å². The van der Waals surface area contributed by atoms with Gasteiger partial charge in [0.1, 0.15) is 17.1 Å². The lowest BCUT2D eigenvalue weighted by molar-refractivity contribution is -0.600. The monoisotopic (exact) mass is 799 g/mol. The molecule has 62 heavy (non-hydrogen) atoms. The van der Waals surface area contributed by atoms with Crippen LogP contribution in [0.3, 0.4) is 0 Å². The molecule has 0 amide bonds. The number of rotatable bonds is 9. The molecule has 0 aliphatic rings. The summed E-state index contributed by atoms with van der Waals surface area (Å²) in [6.07, 6.45) is 10.9. The molecule has 0 fully saturated rings. The van der Waals surface area contributed by atoms with Gasteiger partial charge in [0.05, 0.1) is 57.4 Å². The molecule has 0 atom stereocenters. The largest absolute Gasteiger partial charge is 0.332 e. The van der Waals surface area contributed by atoms with Gasteiger partial charge in [0.2, 0.25) is 0 Å². The van der Waals surface area contributed by atoms with Crippen LogP contribution in [0.4, 0.5) is 0 Å². The summed E-state index contributed by atoms with van der Waals surface area (Å²) < 4.78 is 3.74. The maximum atomic E-state index is 5.14. The van der Waals surface area contributed by atoms with E-state index in [1.807, 2.05) is 125 Å². The van der Waals surface area contributed by atoms with Crippen molar-refractivity contribution < 1.29 is 9.13 Å². The second-order valence-corrected chi connectivity index (χ2v) is 14.6. The lowest BCUT2D eigenvalue weighted by atomic mass is 9.91. The fraction of sp³-hybridized carbons (Fsp3) is 0. The zero-order valence-corrected chi connectivity index (χ0v) is 33.5. The van der Waals surface area contributed by atoms with Crippen molar-refractivity contribution in [3.63, 3.8) is 0 Å². The molecule has 0 aliphatic carbocycles. The summed E-state index contributed by atoms with van der Waals surface area (Å²) in [6.45, 7) is 0. The van der Waals surface area contributed by atoms with Gasteiger partial charge in [0.25, 0.3) is 0 Å². The van der Waals surface area contributed by atoms with Gasteiger partial charge in [-0.15, -0.1) is 0 Å². The van der Waals surface area contributed by atoms with Gasteiger partial charge in [-0.05, 0) is 155 Å². The fourth-order valence-corrected chi connectivity index (χ4v) is 7.54. The van der Waals surface area contributed by atoms with Crippen LogP contribution in [0.5, 0.6) is 0 Å². The highest BCUT2D eigenvalue weighted by Crippen LogP contribution is 2.38. The fourth-order valence-electron chi connectivity index (χ4n) is 7.54.